The van der Waals surface area contributed by atoms with Crippen LogP contribution in [0.4, 0.5) is 5.13 Å². The van der Waals surface area contributed by atoms with Gasteiger partial charge in [-0.15, -0.1) is 11.3 Å². The van der Waals surface area contributed by atoms with E-state index >= 15 is 0 Å². The molecule has 24 heavy (non-hydrogen) atoms. The summed E-state index contributed by atoms with van der Waals surface area (Å²) in [5.41, 5.74) is 1.09. The second-order valence-corrected chi connectivity index (χ2v) is 7.58. The van der Waals surface area contributed by atoms with Crippen molar-refractivity contribution in [3.8, 4) is 0 Å². The van der Waals surface area contributed by atoms with Crippen LogP contribution in [0.1, 0.15) is 25.0 Å². The van der Waals surface area contributed by atoms with Crippen molar-refractivity contribution in [1.29, 1.82) is 0 Å². The number of aliphatic hydroxyl groups is 1. The molecule has 1 aromatic heterocycles. The van der Waals surface area contributed by atoms with Gasteiger partial charge < -0.3 is 19.5 Å². The number of β-amino-alcohol motifs (C(OH)–C–C–N with tert-alkyl or cyclic N) is 1. The molecule has 0 radical (unpaired) electrons. The van der Waals surface area contributed by atoms with Gasteiger partial charge in [0.05, 0.1) is 31.1 Å². The number of rotatable bonds is 7. The average Bonchev–Trinajstić information content (AvgIpc) is 3.16. The molecule has 2 saturated heterocycles. The summed E-state index contributed by atoms with van der Waals surface area (Å²) in [7, 11) is 0. The van der Waals surface area contributed by atoms with Crippen LogP contribution >= 0.6 is 11.3 Å². The van der Waals surface area contributed by atoms with Gasteiger partial charge >= 0.3 is 0 Å². The predicted molar refractivity (Wildman–Crippen MR) is 95.9 cm³/mol. The Hall–Kier alpha value is -0.730. The van der Waals surface area contributed by atoms with Crippen LogP contribution in [0.2, 0.25) is 0 Å². The summed E-state index contributed by atoms with van der Waals surface area (Å²) in [5, 5.41) is 13.4. The third-order valence-corrected chi connectivity index (χ3v) is 5.59. The number of hydrogen-bond donors (Lipinski definition) is 1. The highest BCUT2D eigenvalue weighted by molar-refractivity contribution is 7.13. The molecule has 6 nitrogen and oxygen atoms in total. The monoisotopic (exact) mass is 355 g/mol. The molecule has 2 unspecified atom stereocenters. The molecular weight excluding hydrogens is 326 g/mol. The van der Waals surface area contributed by atoms with Crippen molar-refractivity contribution in [3.63, 3.8) is 0 Å². The van der Waals surface area contributed by atoms with Gasteiger partial charge in [0.2, 0.25) is 0 Å². The van der Waals surface area contributed by atoms with Crippen LogP contribution in [0.5, 0.6) is 0 Å². The quantitative estimate of drug-likeness (QED) is 0.800. The van der Waals surface area contributed by atoms with Crippen LogP contribution in [0.3, 0.4) is 0 Å². The van der Waals surface area contributed by atoms with Crippen molar-refractivity contribution < 1.29 is 14.6 Å². The fourth-order valence-corrected chi connectivity index (χ4v) is 4.15. The van der Waals surface area contributed by atoms with Gasteiger partial charge in [-0.05, 0) is 32.7 Å². The molecule has 0 bridgehead atoms. The molecule has 136 valence electrons. The SMILES string of the molecule is Cc1csc(N2CCCN(CC(O)COCC3CCCO3)CC2)n1. The Labute approximate surface area is 148 Å². The van der Waals surface area contributed by atoms with E-state index in [4.69, 9.17) is 9.47 Å². The van der Waals surface area contributed by atoms with E-state index in [0.717, 1.165) is 62.9 Å². The summed E-state index contributed by atoms with van der Waals surface area (Å²) < 4.78 is 11.2. The standard InChI is InChI=1S/C17H29N3O3S/c1-14-13-24-17(18-14)20-6-3-5-19(7-8-20)10-15(21)11-22-12-16-4-2-9-23-16/h13,15-16,21H,2-12H2,1H3. The lowest BCUT2D eigenvalue weighted by molar-refractivity contribution is -0.0246. The Morgan fingerprint density at radius 1 is 1.38 bits per heavy atom. The van der Waals surface area contributed by atoms with Crippen molar-refractivity contribution in [2.75, 3.05) is 57.4 Å². The molecule has 0 aliphatic carbocycles. The molecule has 1 aromatic rings. The van der Waals surface area contributed by atoms with Crippen LogP contribution in [0.15, 0.2) is 5.38 Å². The minimum atomic E-state index is -0.430. The highest BCUT2D eigenvalue weighted by Crippen LogP contribution is 2.21. The van der Waals surface area contributed by atoms with Gasteiger partial charge in [-0.2, -0.15) is 0 Å². The smallest absolute Gasteiger partial charge is 0.185 e. The Morgan fingerprint density at radius 2 is 2.29 bits per heavy atom. The first-order valence-corrected chi connectivity index (χ1v) is 9.85. The summed E-state index contributed by atoms with van der Waals surface area (Å²) in [5.74, 6) is 0. The van der Waals surface area contributed by atoms with Crippen LogP contribution < -0.4 is 4.90 Å². The normalized spacial score (nSPS) is 24.2. The summed E-state index contributed by atoms with van der Waals surface area (Å²) in [6, 6.07) is 0. The number of aliphatic hydroxyl groups excluding tert-OH is 1. The minimum absolute atomic E-state index is 0.227. The second kappa shape index (κ2) is 9.10. The zero-order chi connectivity index (χ0) is 16.8. The van der Waals surface area contributed by atoms with Gasteiger partial charge in [0.25, 0.3) is 0 Å². The predicted octanol–water partition coefficient (Wildman–Crippen LogP) is 1.52. The highest BCUT2D eigenvalue weighted by Gasteiger charge is 2.20. The molecule has 2 aliphatic rings. The van der Waals surface area contributed by atoms with Crippen LogP contribution in [-0.2, 0) is 9.47 Å². The molecule has 0 saturated carbocycles. The van der Waals surface area contributed by atoms with Gasteiger partial charge in [0.1, 0.15) is 0 Å². The number of ether oxygens (including phenoxy) is 2. The van der Waals surface area contributed by atoms with Gasteiger partial charge in [0, 0.05) is 38.2 Å². The molecule has 1 N–H and O–H groups in total. The molecule has 7 heteroatoms. The summed E-state index contributed by atoms with van der Waals surface area (Å²) in [6.07, 6.45) is 3.10. The van der Waals surface area contributed by atoms with E-state index in [2.05, 4.69) is 20.2 Å². The van der Waals surface area contributed by atoms with E-state index in [-0.39, 0.29) is 6.10 Å². The fraction of sp³-hybridized carbons (Fsp3) is 0.824. The lowest BCUT2D eigenvalue weighted by Crippen LogP contribution is -2.38. The number of nitrogens with zero attached hydrogens (tertiary/aromatic N) is 3. The van der Waals surface area contributed by atoms with Crippen molar-refractivity contribution in [2.24, 2.45) is 0 Å². The lowest BCUT2D eigenvalue weighted by atomic mass is 10.2. The topological polar surface area (TPSA) is 58.1 Å². The summed E-state index contributed by atoms with van der Waals surface area (Å²) in [6.45, 7) is 8.55. The maximum atomic E-state index is 10.2. The molecule has 3 heterocycles. The van der Waals surface area contributed by atoms with E-state index in [1.807, 2.05) is 6.92 Å². The molecule has 2 aliphatic heterocycles. The van der Waals surface area contributed by atoms with E-state index in [1.165, 1.54) is 0 Å². The lowest BCUT2D eigenvalue weighted by Gasteiger charge is -2.24. The summed E-state index contributed by atoms with van der Waals surface area (Å²) in [4.78, 5) is 9.28. The first-order chi connectivity index (χ1) is 11.7. The Morgan fingerprint density at radius 3 is 3.04 bits per heavy atom. The first kappa shape index (κ1) is 18.1. The molecule has 0 aromatic carbocycles. The maximum absolute atomic E-state index is 10.2. The number of anilines is 1. The first-order valence-electron chi connectivity index (χ1n) is 8.97. The molecule has 0 spiro atoms. The Balaban J connectivity index is 1.36. The highest BCUT2D eigenvalue weighted by atomic mass is 32.1. The van der Waals surface area contributed by atoms with Crippen molar-refractivity contribution >= 4 is 16.5 Å². The van der Waals surface area contributed by atoms with Gasteiger partial charge in [-0.1, -0.05) is 0 Å². The molecule has 0 amide bonds. The molecule has 2 fully saturated rings. The number of hydrogen-bond acceptors (Lipinski definition) is 7. The van der Waals surface area contributed by atoms with E-state index in [1.54, 1.807) is 11.3 Å². The molecule has 3 rings (SSSR count). The van der Waals surface area contributed by atoms with E-state index in [0.29, 0.717) is 19.8 Å². The van der Waals surface area contributed by atoms with E-state index < -0.39 is 6.10 Å². The van der Waals surface area contributed by atoms with Gasteiger partial charge in [0.15, 0.2) is 5.13 Å². The maximum Gasteiger partial charge on any atom is 0.185 e. The van der Waals surface area contributed by atoms with Gasteiger partial charge in [-0.25, -0.2) is 4.98 Å². The van der Waals surface area contributed by atoms with Crippen molar-refractivity contribution in [3.05, 3.63) is 11.1 Å². The van der Waals surface area contributed by atoms with Crippen LogP contribution in [0.25, 0.3) is 0 Å². The number of aryl methyl sites for hydroxylation is 1. The average molecular weight is 356 g/mol. The van der Waals surface area contributed by atoms with Crippen LogP contribution in [0, 0.1) is 6.92 Å². The zero-order valence-electron chi connectivity index (χ0n) is 14.5. The summed E-state index contributed by atoms with van der Waals surface area (Å²) >= 11 is 1.72. The molecule has 2 atom stereocenters. The zero-order valence-corrected chi connectivity index (χ0v) is 15.3. The third kappa shape index (κ3) is 5.39. The second-order valence-electron chi connectivity index (χ2n) is 6.74. The fourth-order valence-electron chi connectivity index (χ4n) is 3.29. The molecular formula is C17H29N3O3S. The number of aromatic nitrogens is 1. The number of thiazole rings is 1. The third-order valence-electron chi connectivity index (χ3n) is 4.57. The largest absolute Gasteiger partial charge is 0.389 e. The van der Waals surface area contributed by atoms with Crippen molar-refractivity contribution in [2.45, 2.75) is 38.4 Å². The Bertz CT molecular complexity index is 493. The van der Waals surface area contributed by atoms with Crippen LogP contribution in [-0.4, -0.2) is 79.7 Å². The van der Waals surface area contributed by atoms with Gasteiger partial charge in [-0.3, -0.25) is 4.90 Å². The van der Waals surface area contributed by atoms with Crippen molar-refractivity contribution in [1.82, 2.24) is 9.88 Å². The van der Waals surface area contributed by atoms with E-state index in [9.17, 15) is 5.11 Å². The Kier molecular flexibility index (Phi) is 6.85. The minimum Gasteiger partial charge on any atom is -0.389 e.